The van der Waals surface area contributed by atoms with Gasteiger partial charge >= 0.3 is 5.97 Å². The van der Waals surface area contributed by atoms with Crippen LogP contribution in [0.1, 0.15) is 24.2 Å². The van der Waals surface area contributed by atoms with E-state index in [9.17, 15) is 9.59 Å². The number of anilines is 1. The molecule has 0 fully saturated rings. The minimum Gasteiger partial charge on any atom is -0.478 e. The minimum absolute atomic E-state index is 0.127. The van der Waals surface area contributed by atoms with E-state index in [1.54, 1.807) is 26.0 Å². The molecule has 0 bridgehead atoms. The van der Waals surface area contributed by atoms with Crippen molar-refractivity contribution in [2.24, 2.45) is 5.92 Å². The molecule has 0 heterocycles. The summed E-state index contributed by atoms with van der Waals surface area (Å²) in [5.41, 5.74) is 0.689. The Morgan fingerprint density at radius 1 is 1.31 bits per heavy atom. The van der Waals surface area contributed by atoms with Crippen LogP contribution in [-0.2, 0) is 4.79 Å². The van der Waals surface area contributed by atoms with Crippen LogP contribution in [0.5, 0.6) is 0 Å². The zero-order valence-electron chi connectivity index (χ0n) is 8.95. The molecule has 0 aliphatic heterocycles. The van der Waals surface area contributed by atoms with Crippen molar-refractivity contribution in [3.05, 3.63) is 27.3 Å². The van der Waals surface area contributed by atoms with Gasteiger partial charge in [0, 0.05) is 15.2 Å². The molecule has 0 spiro atoms. The lowest BCUT2D eigenvalue weighted by Gasteiger charge is -2.08. The van der Waals surface area contributed by atoms with E-state index in [1.807, 2.05) is 22.6 Å². The largest absolute Gasteiger partial charge is 0.478 e. The quantitative estimate of drug-likeness (QED) is 0.836. The highest BCUT2D eigenvalue weighted by Gasteiger charge is 2.10. The van der Waals surface area contributed by atoms with Crippen molar-refractivity contribution in [1.29, 1.82) is 0 Å². The molecule has 5 heteroatoms. The smallest absolute Gasteiger partial charge is 0.335 e. The topological polar surface area (TPSA) is 66.4 Å². The average Bonchev–Trinajstić information content (AvgIpc) is 2.16. The van der Waals surface area contributed by atoms with Crippen LogP contribution < -0.4 is 5.32 Å². The summed E-state index contributed by atoms with van der Waals surface area (Å²) in [6, 6.07) is 4.73. The van der Waals surface area contributed by atoms with Crippen molar-refractivity contribution in [2.45, 2.75) is 13.8 Å². The molecular weight excluding hydrogens is 321 g/mol. The molecule has 0 atom stereocenters. The lowest BCUT2D eigenvalue weighted by atomic mass is 10.1. The van der Waals surface area contributed by atoms with Crippen LogP contribution in [0.4, 0.5) is 5.69 Å². The number of nitrogens with one attached hydrogen (secondary N) is 1. The molecule has 16 heavy (non-hydrogen) atoms. The second-order valence-electron chi connectivity index (χ2n) is 3.68. The van der Waals surface area contributed by atoms with Gasteiger partial charge in [0.25, 0.3) is 0 Å². The maximum atomic E-state index is 11.4. The van der Waals surface area contributed by atoms with Crippen LogP contribution in [0, 0.1) is 9.49 Å². The molecule has 86 valence electrons. The maximum absolute atomic E-state index is 11.4. The average molecular weight is 333 g/mol. The maximum Gasteiger partial charge on any atom is 0.335 e. The molecule has 1 aromatic carbocycles. The van der Waals surface area contributed by atoms with E-state index in [2.05, 4.69) is 5.32 Å². The Morgan fingerprint density at radius 3 is 2.44 bits per heavy atom. The number of carboxylic acids is 1. The summed E-state index contributed by atoms with van der Waals surface area (Å²) in [7, 11) is 0. The molecule has 0 aliphatic rings. The lowest BCUT2D eigenvalue weighted by molar-refractivity contribution is -0.118. The number of carboxylic acid groups (broad SMARTS) is 1. The van der Waals surface area contributed by atoms with Crippen molar-refractivity contribution in [1.82, 2.24) is 0 Å². The first-order valence-electron chi connectivity index (χ1n) is 4.75. The summed E-state index contributed by atoms with van der Waals surface area (Å²) in [5, 5.41) is 11.5. The number of aromatic carboxylic acids is 1. The van der Waals surface area contributed by atoms with Gasteiger partial charge in [-0.1, -0.05) is 13.8 Å². The Morgan fingerprint density at radius 2 is 1.94 bits per heavy atom. The number of amides is 1. The Balaban J connectivity index is 2.97. The summed E-state index contributed by atoms with van der Waals surface area (Å²) in [5.74, 6) is -1.26. The van der Waals surface area contributed by atoms with Crippen molar-refractivity contribution in [2.75, 3.05) is 5.32 Å². The first-order valence-corrected chi connectivity index (χ1v) is 5.83. The molecule has 0 aromatic heterocycles. The van der Waals surface area contributed by atoms with E-state index < -0.39 is 5.97 Å². The number of halogens is 1. The third kappa shape index (κ3) is 3.48. The Kier molecular flexibility index (Phi) is 4.28. The van der Waals surface area contributed by atoms with Crippen molar-refractivity contribution in [3.63, 3.8) is 0 Å². The Hall–Kier alpha value is -1.11. The van der Waals surface area contributed by atoms with Gasteiger partial charge in [-0.2, -0.15) is 0 Å². The number of benzene rings is 1. The zero-order valence-corrected chi connectivity index (χ0v) is 11.1. The molecule has 0 unspecified atom stereocenters. The monoisotopic (exact) mass is 333 g/mol. The van der Waals surface area contributed by atoms with Crippen LogP contribution in [0.15, 0.2) is 18.2 Å². The Labute approximate surface area is 107 Å². The molecule has 0 aliphatic carbocycles. The fraction of sp³-hybridized carbons (Fsp3) is 0.273. The molecule has 0 saturated carbocycles. The standard InChI is InChI=1S/C11H12INO3/c1-6(2)10(14)13-9-4-7(11(15)16)3-8(12)5-9/h3-6H,1-2H3,(H,13,14)(H,15,16). The number of hydrogen-bond donors (Lipinski definition) is 2. The molecular formula is C11H12INO3. The number of hydrogen-bond acceptors (Lipinski definition) is 2. The first kappa shape index (κ1) is 13.0. The van der Waals surface area contributed by atoms with Crippen LogP contribution in [0.3, 0.4) is 0 Å². The lowest BCUT2D eigenvalue weighted by Crippen LogP contribution is -2.18. The van der Waals surface area contributed by atoms with E-state index in [4.69, 9.17) is 5.11 Å². The van der Waals surface area contributed by atoms with E-state index >= 15 is 0 Å². The van der Waals surface area contributed by atoms with Gasteiger partial charge in [0.05, 0.1) is 5.56 Å². The fourth-order valence-electron chi connectivity index (χ4n) is 1.07. The molecule has 0 radical (unpaired) electrons. The van der Waals surface area contributed by atoms with E-state index in [1.165, 1.54) is 6.07 Å². The SMILES string of the molecule is CC(C)C(=O)Nc1cc(I)cc(C(=O)O)c1. The van der Waals surface area contributed by atoms with E-state index in [0.717, 1.165) is 3.57 Å². The van der Waals surface area contributed by atoms with Crippen LogP contribution in [0.25, 0.3) is 0 Å². The summed E-state index contributed by atoms with van der Waals surface area (Å²) in [6.45, 7) is 3.56. The predicted molar refractivity (Wildman–Crippen MR) is 69.6 cm³/mol. The van der Waals surface area contributed by atoms with Crippen LogP contribution in [-0.4, -0.2) is 17.0 Å². The van der Waals surface area contributed by atoms with Crippen molar-refractivity contribution < 1.29 is 14.7 Å². The molecule has 1 rings (SSSR count). The molecule has 4 nitrogen and oxygen atoms in total. The summed E-state index contributed by atoms with van der Waals surface area (Å²) >= 11 is 2.01. The Bertz CT molecular complexity index is 429. The molecule has 0 saturated heterocycles. The van der Waals surface area contributed by atoms with E-state index in [-0.39, 0.29) is 17.4 Å². The molecule has 2 N–H and O–H groups in total. The van der Waals surface area contributed by atoms with Crippen molar-refractivity contribution in [3.8, 4) is 0 Å². The number of rotatable bonds is 3. The van der Waals surface area contributed by atoms with Gasteiger partial charge in [-0.15, -0.1) is 0 Å². The predicted octanol–water partition coefficient (Wildman–Crippen LogP) is 2.58. The summed E-state index contributed by atoms with van der Waals surface area (Å²) in [6.07, 6.45) is 0. The zero-order chi connectivity index (χ0) is 12.3. The van der Waals surface area contributed by atoms with Gasteiger partial charge in [-0.25, -0.2) is 4.79 Å². The van der Waals surface area contributed by atoms with Gasteiger partial charge in [-0.3, -0.25) is 4.79 Å². The van der Waals surface area contributed by atoms with Crippen LogP contribution >= 0.6 is 22.6 Å². The first-order chi connectivity index (χ1) is 7.40. The van der Waals surface area contributed by atoms with Gasteiger partial charge in [-0.05, 0) is 40.8 Å². The number of carbonyl (C=O) groups excluding carboxylic acids is 1. The fourth-order valence-corrected chi connectivity index (χ4v) is 1.74. The normalized spacial score (nSPS) is 10.2. The third-order valence-electron chi connectivity index (χ3n) is 1.94. The molecule has 1 aromatic rings. The highest BCUT2D eigenvalue weighted by Crippen LogP contribution is 2.17. The number of carbonyl (C=O) groups is 2. The second kappa shape index (κ2) is 5.29. The van der Waals surface area contributed by atoms with Crippen LogP contribution in [0.2, 0.25) is 0 Å². The minimum atomic E-state index is -1.00. The van der Waals surface area contributed by atoms with Gasteiger partial charge in [0.1, 0.15) is 0 Å². The second-order valence-corrected chi connectivity index (χ2v) is 4.92. The highest BCUT2D eigenvalue weighted by molar-refractivity contribution is 14.1. The van der Waals surface area contributed by atoms with Gasteiger partial charge in [0.15, 0.2) is 0 Å². The molecule has 1 amide bonds. The summed E-state index contributed by atoms with van der Waals surface area (Å²) in [4.78, 5) is 22.3. The van der Waals surface area contributed by atoms with Gasteiger partial charge < -0.3 is 10.4 Å². The summed E-state index contributed by atoms with van der Waals surface area (Å²) < 4.78 is 0.775. The van der Waals surface area contributed by atoms with Crippen molar-refractivity contribution >= 4 is 40.2 Å². The third-order valence-corrected chi connectivity index (χ3v) is 2.56. The van der Waals surface area contributed by atoms with Gasteiger partial charge in [0.2, 0.25) is 5.91 Å². The highest BCUT2D eigenvalue weighted by atomic mass is 127. The van der Waals surface area contributed by atoms with E-state index in [0.29, 0.717) is 5.69 Å².